The standard InChI is InChI=1S/C38H34O12/c1-46-34(41)26-7-5-23(6-8-26)21-38(45,30-19-17-29(18-20-30)37(44)49-4)22-31(39)50-33(25-11-15-28(16-12-25)36(43)48-3)32(40)24-9-13-27(14-10-24)35(42)47-2/h5-20,33,45H,21-22H2,1-4H3. The second-order valence-electron chi connectivity index (χ2n) is 11.1. The van der Waals surface area contributed by atoms with Gasteiger partial charge in [0.1, 0.15) is 5.60 Å². The van der Waals surface area contributed by atoms with Gasteiger partial charge in [-0.2, -0.15) is 0 Å². The third kappa shape index (κ3) is 8.65. The zero-order chi connectivity index (χ0) is 36.4. The summed E-state index contributed by atoms with van der Waals surface area (Å²) in [5.41, 5.74) is 0.0721. The van der Waals surface area contributed by atoms with Crippen molar-refractivity contribution in [2.75, 3.05) is 28.4 Å². The number of hydrogen-bond donors (Lipinski definition) is 1. The zero-order valence-corrected chi connectivity index (χ0v) is 27.7. The molecule has 258 valence electrons. The van der Waals surface area contributed by atoms with Crippen molar-refractivity contribution >= 4 is 35.6 Å². The highest BCUT2D eigenvalue weighted by molar-refractivity contribution is 6.02. The number of aliphatic hydroxyl groups is 1. The monoisotopic (exact) mass is 682 g/mol. The highest BCUT2D eigenvalue weighted by Crippen LogP contribution is 2.33. The number of ether oxygens (including phenoxy) is 5. The van der Waals surface area contributed by atoms with Gasteiger partial charge in [-0.3, -0.25) is 9.59 Å². The number of carbonyl (C=O) groups is 6. The minimum Gasteiger partial charge on any atom is -0.465 e. The summed E-state index contributed by atoms with van der Waals surface area (Å²) in [6.45, 7) is 0. The lowest BCUT2D eigenvalue weighted by Gasteiger charge is -2.29. The van der Waals surface area contributed by atoms with E-state index in [1.54, 1.807) is 12.1 Å². The summed E-state index contributed by atoms with van der Waals surface area (Å²) in [6.07, 6.45) is -2.31. The molecule has 50 heavy (non-hydrogen) atoms. The molecule has 0 bridgehead atoms. The predicted octanol–water partition coefficient (Wildman–Crippen LogP) is 4.82. The van der Waals surface area contributed by atoms with Gasteiger partial charge in [-0.05, 0) is 59.7 Å². The molecule has 0 aliphatic rings. The van der Waals surface area contributed by atoms with Crippen molar-refractivity contribution in [1.29, 1.82) is 0 Å². The van der Waals surface area contributed by atoms with Crippen LogP contribution in [0.2, 0.25) is 0 Å². The van der Waals surface area contributed by atoms with Crippen LogP contribution >= 0.6 is 0 Å². The largest absolute Gasteiger partial charge is 0.465 e. The fraction of sp³-hybridized carbons (Fsp3) is 0.211. The van der Waals surface area contributed by atoms with Crippen LogP contribution in [0, 0.1) is 0 Å². The second-order valence-corrected chi connectivity index (χ2v) is 11.1. The molecule has 4 aromatic carbocycles. The maximum atomic E-state index is 13.8. The van der Waals surface area contributed by atoms with E-state index in [0.29, 0.717) is 5.56 Å². The summed E-state index contributed by atoms with van der Waals surface area (Å²) < 4.78 is 24.8. The third-order valence-corrected chi connectivity index (χ3v) is 7.86. The molecule has 0 radical (unpaired) electrons. The van der Waals surface area contributed by atoms with Crippen molar-refractivity contribution in [2.24, 2.45) is 0 Å². The van der Waals surface area contributed by atoms with Gasteiger partial charge in [0.2, 0.25) is 5.78 Å². The molecule has 0 aromatic heterocycles. The number of rotatable bonds is 13. The van der Waals surface area contributed by atoms with E-state index < -0.39 is 53.8 Å². The average Bonchev–Trinajstić information content (AvgIpc) is 3.15. The lowest BCUT2D eigenvalue weighted by Crippen LogP contribution is -2.33. The predicted molar refractivity (Wildman–Crippen MR) is 177 cm³/mol. The van der Waals surface area contributed by atoms with Crippen LogP contribution in [0.25, 0.3) is 0 Å². The molecule has 1 N–H and O–H groups in total. The summed E-state index contributed by atoms with van der Waals surface area (Å²) in [7, 11) is 4.93. The lowest BCUT2D eigenvalue weighted by molar-refractivity contribution is -0.153. The molecule has 0 amide bonds. The first-order valence-electron chi connectivity index (χ1n) is 15.1. The molecule has 2 unspecified atom stereocenters. The Morgan fingerprint density at radius 1 is 0.540 bits per heavy atom. The SMILES string of the molecule is COC(=O)c1ccc(CC(O)(CC(=O)OC(C(=O)c2ccc(C(=O)OC)cc2)c2ccc(C(=O)OC)cc2)c2ccc(C(=O)OC)cc2)cc1. The van der Waals surface area contributed by atoms with Crippen LogP contribution in [0.15, 0.2) is 97.1 Å². The second kappa shape index (κ2) is 16.3. The Morgan fingerprint density at radius 2 is 0.900 bits per heavy atom. The van der Waals surface area contributed by atoms with Gasteiger partial charge in [0.25, 0.3) is 0 Å². The molecule has 0 saturated carbocycles. The Labute approximate surface area is 287 Å². The number of ketones is 1. The molecule has 12 nitrogen and oxygen atoms in total. The molecule has 4 aromatic rings. The Kier molecular flexibility index (Phi) is 12.0. The van der Waals surface area contributed by atoms with Gasteiger partial charge in [0.15, 0.2) is 6.10 Å². The first-order chi connectivity index (χ1) is 23.9. The van der Waals surface area contributed by atoms with Crippen LogP contribution < -0.4 is 0 Å². The third-order valence-electron chi connectivity index (χ3n) is 7.86. The van der Waals surface area contributed by atoms with E-state index >= 15 is 0 Å². The smallest absolute Gasteiger partial charge is 0.337 e. The topological polar surface area (TPSA) is 169 Å². The summed E-state index contributed by atoms with van der Waals surface area (Å²) in [5, 5.41) is 12.1. The highest BCUT2D eigenvalue weighted by Gasteiger charge is 2.36. The van der Waals surface area contributed by atoms with Gasteiger partial charge in [0.05, 0.1) is 57.1 Å². The van der Waals surface area contributed by atoms with E-state index in [1.807, 2.05) is 0 Å². The Bertz CT molecular complexity index is 1860. The summed E-state index contributed by atoms with van der Waals surface area (Å²) in [6, 6.07) is 23.3. The molecule has 0 fully saturated rings. The first-order valence-corrected chi connectivity index (χ1v) is 15.1. The molecule has 0 saturated heterocycles. The molecule has 4 rings (SSSR count). The Balaban J connectivity index is 1.69. The summed E-state index contributed by atoms with van der Waals surface area (Å²) in [4.78, 5) is 75.6. The number of carbonyl (C=O) groups excluding carboxylic acids is 6. The minimum atomic E-state index is -1.93. The van der Waals surface area contributed by atoms with Crippen molar-refractivity contribution in [2.45, 2.75) is 24.5 Å². The van der Waals surface area contributed by atoms with Crippen molar-refractivity contribution in [3.05, 3.63) is 142 Å². The number of benzene rings is 4. The van der Waals surface area contributed by atoms with E-state index in [1.165, 1.54) is 113 Å². The highest BCUT2D eigenvalue weighted by atomic mass is 16.6. The van der Waals surface area contributed by atoms with Crippen molar-refractivity contribution in [3.63, 3.8) is 0 Å². The zero-order valence-electron chi connectivity index (χ0n) is 27.7. The summed E-state index contributed by atoms with van der Waals surface area (Å²) >= 11 is 0. The molecule has 0 aliphatic heterocycles. The fourth-order valence-corrected chi connectivity index (χ4v) is 5.15. The quantitative estimate of drug-likeness (QED) is 0.116. The molecule has 2 atom stereocenters. The van der Waals surface area contributed by atoms with Crippen LogP contribution in [0.4, 0.5) is 0 Å². The lowest BCUT2D eigenvalue weighted by atomic mass is 9.84. The van der Waals surface area contributed by atoms with Crippen LogP contribution in [-0.4, -0.2) is 69.2 Å². The van der Waals surface area contributed by atoms with E-state index in [-0.39, 0.29) is 45.4 Å². The fourth-order valence-electron chi connectivity index (χ4n) is 5.15. The van der Waals surface area contributed by atoms with Gasteiger partial charge in [-0.25, -0.2) is 19.2 Å². The molecule has 0 spiro atoms. The maximum Gasteiger partial charge on any atom is 0.337 e. The van der Waals surface area contributed by atoms with Gasteiger partial charge >= 0.3 is 29.8 Å². The Hall–Kier alpha value is -6.14. The van der Waals surface area contributed by atoms with Gasteiger partial charge < -0.3 is 28.8 Å². The van der Waals surface area contributed by atoms with E-state index in [4.69, 9.17) is 23.7 Å². The number of methoxy groups -OCH3 is 4. The average molecular weight is 683 g/mol. The van der Waals surface area contributed by atoms with Gasteiger partial charge in [0, 0.05) is 17.5 Å². The Morgan fingerprint density at radius 3 is 1.32 bits per heavy atom. The van der Waals surface area contributed by atoms with Crippen LogP contribution in [-0.2, 0) is 40.5 Å². The molecular weight excluding hydrogens is 648 g/mol. The van der Waals surface area contributed by atoms with E-state index in [2.05, 4.69) is 0 Å². The van der Waals surface area contributed by atoms with Crippen molar-refractivity contribution in [3.8, 4) is 0 Å². The van der Waals surface area contributed by atoms with Crippen LogP contribution in [0.3, 0.4) is 0 Å². The van der Waals surface area contributed by atoms with Crippen LogP contribution in [0.1, 0.15) is 81.0 Å². The number of Topliss-reactive ketones (excluding diaryl/α,β-unsaturated/α-hetero) is 1. The number of hydrogen-bond acceptors (Lipinski definition) is 12. The maximum absolute atomic E-state index is 13.8. The van der Waals surface area contributed by atoms with E-state index in [0.717, 1.165) is 0 Å². The molecule has 0 aliphatic carbocycles. The normalized spacial score (nSPS) is 12.4. The van der Waals surface area contributed by atoms with Gasteiger partial charge in [-0.1, -0.05) is 48.5 Å². The summed E-state index contributed by atoms with van der Waals surface area (Å²) in [5.74, 6) is -3.98. The first kappa shape index (κ1) is 36.7. The molecule has 0 heterocycles. The molecule has 12 heteroatoms. The molecular formula is C38H34O12. The van der Waals surface area contributed by atoms with Crippen molar-refractivity contribution < 1.29 is 57.6 Å². The van der Waals surface area contributed by atoms with Gasteiger partial charge in [-0.15, -0.1) is 0 Å². The van der Waals surface area contributed by atoms with E-state index in [9.17, 15) is 33.9 Å². The van der Waals surface area contributed by atoms with Crippen molar-refractivity contribution in [1.82, 2.24) is 0 Å². The minimum absolute atomic E-state index is 0.104. The number of esters is 5. The van der Waals surface area contributed by atoms with Crippen LogP contribution in [0.5, 0.6) is 0 Å².